The lowest BCUT2D eigenvalue weighted by Gasteiger charge is -2.26. The highest BCUT2D eigenvalue weighted by molar-refractivity contribution is 7.99. The molecule has 776 valence electrons. The average molecular weight is 2180 g/mol. The minimum atomic E-state index is -5.14. The zero-order valence-corrected chi connectivity index (χ0v) is 77.3. The molecule has 20 rings (SSSR count). The van der Waals surface area contributed by atoms with Gasteiger partial charge in [0, 0.05) is 130 Å². The minimum absolute atomic E-state index is 0.186. The summed E-state index contributed by atoms with van der Waals surface area (Å²) in [5.74, 6) is -78.4. The molecular formula is C94H58F30N12O8S4. The number of sulfonamides is 4. The molecular weight excluding hydrogens is 2120 g/mol. The molecule has 6 aliphatic heterocycles. The molecule has 0 spiro atoms. The maximum absolute atomic E-state index is 16.4. The van der Waals surface area contributed by atoms with Gasteiger partial charge in [-0.25, -0.2) is 175 Å². The number of hydrogen-bond acceptors (Lipinski definition) is 10. The van der Waals surface area contributed by atoms with Gasteiger partial charge in [0.05, 0.1) is 78.2 Å². The number of hydrogen-bond donors (Lipinski definition) is 6. The highest BCUT2D eigenvalue weighted by atomic mass is 32.2. The smallest absolute Gasteiger partial charge is 0.245 e. The van der Waals surface area contributed by atoms with Crippen molar-refractivity contribution in [3.05, 3.63) is 258 Å². The van der Waals surface area contributed by atoms with Crippen LogP contribution in [-0.4, -0.2) is 143 Å². The summed E-state index contributed by atoms with van der Waals surface area (Å²) in [5.41, 5.74) is -33.6. The topological polar surface area (TPSA) is 270 Å². The summed E-state index contributed by atoms with van der Waals surface area (Å²) >= 11 is 0. The van der Waals surface area contributed by atoms with Gasteiger partial charge in [0.25, 0.3) is 0 Å². The zero-order chi connectivity index (χ0) is 106. The third-order valence-corrected chi connectivity index (χ3v) is 33.6. The fraction of sp³-hybridized carbons (Fsp3) is 0.213. The first-order valence-corrected chi connectivity index (χ1v) is 49.7. The molecule has 0 aliphatic carbocycles. The number of fused-ring (bicyclic) bond motifs is 18. The van der Waals surface area contributed by atoms with Gasteiger partial charge in [0.2, 0.25) is 75.0 Å². The Balaban J connectivity index is 0.000000186. The Morgan fingerprint density at radius 2 is 0.378 bits per heavy atom. The van der Waals surface area contributed by atoms with E-state index in [0.29, 0.717) is 86.4 Å². The molecule has 4 fully saturated rings. The fourth-order valence-electron chi connectivity index (χ4n) is 18.8. The maximum Gasteiger partial charge on any atom is 0.245 e. The molecule has 0 saturated carbocycles. The van der Waals surface area contributed by atoms with E-state index in [1.807, 2.05) is 0 Å². The summed E-state index contributed by atoms with van der Waals surface area (Å²) in [6, 6.07) is 6.91. The minimum Gasteiger partial charge on any atom is -0.354 e. The summed E-state index contributed by atoms with van der Waals surface area (Å²) in [7, 11) is -20.3. The lowest BCUT2D eigenvalue weighted by Crippen LogP contribution is -2.35. The molecule has 8 aromatic heterocycles. The molecule has 6 aromatic carbocycles. The lowest BCUT2D eigenvalue weighted by molar-refractivity contribution is 0.346. The van der Waals surface area contributed by atoms with Crippen LogP contribution in [0, 0.1) is 175 Å². The van der Waals surface area contributed by atoms with E-state index in [2.05, 4.69) is 39.9 Å². The number of nitrogens with one attached hydrogen (secondary N) is 6. The number of halogens is 30. The van der Waals surface area contributed by atoms with E-state index in [4.69, 9.17) is 0 Å². The molecule has 16 bridgehead atoms. The number of nitrogens with zero attached hydrogens (tertiary/aromatic N) is 6. The van der Waals surface area contributed by atoms with Crippen molar-refractivity contribution in [3.63, 3.8) is 0 Å². The van der Waals surface area contributed by atoms with Gasteiger partial charge in [-0.1, -0.05) is 25.7 Å². The van der Waals surface area contributed by atoms with Crippen LogP contribution in [0.1, 0.15) is 99.8 Å². The molecule has 54 heteroatoms. The molecule has 6 N–H and O–H groups in total. The molecule has 4 saturated heterocycles. The van der Waals surface area contributed by atoms with Crippen molar-refractivity contribution >= 4 is 128 Å². The van der Waals surface area contributed by atoms with Crippen LogP contribution in [-0.2, 0) is 40.1 Å². The van der Waals surface area contributed by atoms with Crippen molar-refractivity contribution in [2.45, 2.75) is 86.8 Å². The molecule has 6 aliphatic rings. The third-order valence-electron chi connectivity index (χ3n) is 25.9. The molecule has 0 atom stereocenters. The average Bonchev–Trinajstić information content (AvgIpc) is 1.56. The summed E-state index contributed by atoms with van der Waals surface area (Å²) in [4.78, 5) is 18.7. The highest BCUT2D eigenvalue weighted by Gasteiger charge is 2.45. The number of aromatic nitrogens is 8. The van der Waals surface area contributed by atoms with Gasteiger partial charge >= 0.3 is 0 Å². The van der Waals surface area contributed by atoms with Gasteiger partial charge in [-0.15, -0.1) is 0 Å². The van der Waals surface area contributed by atoms with Gasteiger partial charge in [-0.2, -0.15) is 17.2 Å². The normalized spacial score (nSPS) is 15.7. The maximum atomic E-state index is 16.4. The Labute approximate surface area is 810 Å². The van der Waals surface area contributed by atoms with E-state index < -0.39 is 390 Å². The van der Waals surface area contributed by atoms with E-state index in [0.717, 1.165) is 29.4 Å². The Hall–Kier alpha value is -13.7. The Morgan fingerprint density at radius 1 is 0.189 bits per heavy atom. The second-order valence-corrected chi connectivity index (χ2v) is 42.1. The predicted octanol–water partition coefficient (Wildman–Crippen LogP) is 24.2. The van der Waals surface area contributed by atoms with Crippen LogP contribution >= 0.6 is 0 Å². The van der Waals surface area contributed by atoms with E-state index in [9.17, 15) is 60.0 Å². The van der Waals surface area contributed by atoms with Crippen LogP contribution in [0.3, 0.4) is 0 Å². The van der Waals surface area contributed by atoms with Gasteiger partial charge in [-0.05, 0) is 124 Å². The Kier molecular flexibility index (Phi) is 26.3. The van der Waals surface area contributed by atoms with Crippen LogP contribution in [0.15, 0.2) is 70.5 Å². The van der Waals surface area contributed by atoms with Crippen molar-refractivity contribution in [2.75, 3.05) is 52.4 Å². The quantitative estimate of drug-likeness (QED) is 0.0340. The first kappa shape index (κ1) is 103. The van der Waals surface area contributed by atoms with Crippen molar-refractivity contribution in [3.8, 4) is 66.8 Å². The van der Waals surface area contributed by atoms with Crippen LogP contribution in [0.2, 0.25) is 0 Å². The SMILES string of the molecule is O=S(=O)(C1=Cc2nc1c(-c1c(F)c(F)c(F)c(F)c1F)c1ccc([nH]1)c(-c1c(F)c(F)c(F)c(F)c1F)c1ccc([nH]1)c(-c1c(F)c(F)c(F)c(F)c1F)c1[nH]c2cc1S(=O)(=O)N1CCCCC1)N1CCCCC1.O=S(=O)(C1=Cc2nc1c(-c1c(F)c(F)c(F)c(F)c1F)c1ccc([nH]1)c(-c1c(F)c(F)c(F)c(F)c1F)c1ccc([nH]1)c(-c1c(F)c(F)c(F)c(F)c1F)c1cc(S(=O)(=O)N3CCCCC3)c2[nH]1)N1CCCCC1. The number of rotatable bonds is 14. The van der Waals surface area contributed by atoms with E-state index >= 15 is 105 Å². The summed E-state index contributed by atoms with van der Waals surface area (Å²) in [6.45, 7) is -1.76. The molecule has 0 radical (unpaired) electrons. The molecule has 148 heavy (non-hydrogen) atoms. The van der Waals surface area contributed by atoms with E-state index in [1.165, 1.54) is 0 Å². The predicted molar refractivity (Wildman–Crippen MR) is 474 cm³/mol. The van der Waals surface area contributed by atoms with Crippen LogP contribution in [0.4, 0.5) is 132 Å². The number of benzene rings is 6. The monoisotopic (exact) mass is 2180 g/mol. The summed E-state index contributed by atoms with van der Waals surface area (Å²) < 4.78 is 589. The van der Waals surface area contributed by atoms with Gasteiger partial charge in [-0.3, -0.25) is 0 Å². The van der Waals surface area contributed by atoms with Crippen LogP contribution in [0.25, 0.3) is 155 Å². The third kappa shape index (κ3) is 16.3. The fourth-order valence-corrected chi connectivity index (χ4v) is 25.5. The van der Waals surface area contributed by atoms with Crippen LogP contribution < -0.4 is 0 Å². The Bertz CT molecular complexity index is 8840. The largest absolute Gasteiger partial charge is 0.354 e. The lowest BCUT2D eigenvalue weighted by atomic mass is 10.0. The van der Waals surface area contributed by atoms with Crippen LogP contribution in [0.5, 0.6) is 0 Å². The molecule has 0 amide bonds. The zero-order valence-electron chi connectivity index (χ0n) is 74.0. The van der Waals surface area contributed by atoms with E-state index in [-0.39, 0.29) is 104 Å². The van der Waals surface area contributed by atoms with Gasteiger partial charge < -0.3 is 29.9 Å². The van der Waals surface area contributed by atoms with Crippen molar-refractivity contribution < 1.29 is 165 Å². The Morgan fingerprint density at radius 3 is 0.649 bits per heavy atom. The van der Waals surface area contributed by atoms with Crippen molar-refractivity contribution in [1.82, 2.24) is 57.1 Å². The standard InChI is InChI=1S/2C47H29F15N6O4S2/c48-31-28(32(49)38(55)43(60)37(31)54)25-17-7-9-19(63-17)26(29-33(50)39(56)44(61)40(57)34(29)51)46-23(73(69,70)67-11-3-1-4-12-67)15-21(65-46)22-16-24(74(71,72)68-13-5-2-6-14-68)47(66-22)27(20-10-8-18(25)64-20)30-35(52)41(58)45(62)42(59)36(30)53;48-31-28(32(49)38(55)43(60)37(31)54)25-17-7-8-19(63-17)26(29-33(50)39(56)44(61)40(57)34(29)51)21-15-23(73(69,70)67-11-3-1-4-12-67)46(65-21)22-16-24(74(71,72)68-13-5-2-6-14-68)47(66-22)27(20-10-9-18(25)64-20)30-35(52)41(58)45(62)42(59)36(30)53/h2*7-10,15-16,63-65H,1-6,11-14H2. The molecule has 0 unspecified atom stereocenters. The van der Waals surface area contributed by atoms with Crippen molar-refractivity contribution in [2.24, 2.45) is 0 Å². The number of aromatic amines is 6. The van der Waals surface area contributed by atoms with Gasteiger partial charge in [0.15, 0.2) is 140 Å². The molecule has 20 nitrogen and oxygen atoms in total. The van der Waals surface area contributed by atoms with Crippen molar-refractivity contribution in [1.29, 1.82) is 0 Å². The second-order valence-electron chi connectivity index (χ2n) is 34.5. The summed E-state index contributed by atoms with van der Waals surface area (Å²) in [6.07, 6.45) is 5.18. The number of H-pyrrole nitrogens is 6. The van der Waals surface area contributed by atoms with Gasteiger partial charge in [0.1, 0.15) is 19.6 Å². The summed E-state index contributed by atoms with van der Waals surface area (Å²) in [5, 5.41) is 0. The molecule has 14 heterocycles. The second kappa shape index (κ2) is 37.9. The molecule has 14 aromatic rings. The number of piperidine rings is 4. The first-order valence-electron chi connectivity index (χ1n) is 43.9. The highest BCUT2D eigenvalue weighted by Crippen LogP contribution is 2.52. The first-order chi connectivity index (χ1) is 70.0. The van der Waals surface area contributed by atoms with E-state index in [1.54, 1.807) is 0 Å².